The molecule has 0 bridgehead atoms. The molecular formula is C13H11IN2O4. The van der Waals surface area contributed by atoms with Gasteiger partial charge in [-0.05, 0) is 22.1 Å². The van der Waals surface area contributed by atoms with Gasteiger partial charge in [-0.1, -0.05) is 5.92 Å². The summed E-state index contributed by atoms with van der Waals surface area (Å²) in [6.07, 6.45) is 0.748. The number of hydrogen-bond donors (Lipinski definition) is 3. The molecule has 0 spiro atoms. The number of carboxylic acid groups (broad SMARTS) is 1. The average Bonchev–Trinajstić information content (AvgIpc) is 2.74. The highest BCUT2D eigenvalue weighted by molar-refractivity contribution is 14.1. The van der Waals surface area contributed by atoms with Gasteiger partial charge in [0.25, 0.3) is 0 Å². The van der Waals surface area contributed by atoms with Gasteiger partial charge in [-0.3, -0.25) is 14.9 Å². The fourth-order valence-corrected chi connectivity index (χ4v) is 1.71. The lowest BCUT2D eigenvalue weighted by atomic mass is 10.1. The van der Waals surface area contributed by atoms with E-state index in [9.17, 15) is 14.4 Å². The van der Waals surface area contributed by atoms with Crippen molar-refractivity contribution in [2.45, 2.75) is 12.8 Å². The first-order valence-corrected chi connectivity index (χ1v) is 6.59. The second-order valence-corrected chi connectivity index (χ2v) is 4.34. The smallest absolute Gasteiger partial charge is 0.337 e. The fourth-order valence-electron chi connectivity index (χ4n) is 1.40. The van der Waals surface area contributed by atoms with Gasteiger partial charge >= 0.3 is 5.97 Å². The van der Waals surface area contributed by atoms with Crippen molar-refractivity contribution in [3.8, 4) is 9.85 Å². The zero-order valence-corrected chi connectivity index (χ0v) is 12.4. The molecule has 4 N–H and O–H groups in total. The Morgan fingerprint density at radius 2 is 1.90 bits per heavy atom. The molecule has 1 heterocycles. The maximum absolute atomic E-state index is 10.6. The van der Waals surface area contributed by atoms with E-state index in [1.807, 2.05) is 22.6 Å². The number of hydrogen-bond acceptors (Lipinski definition) is 4. The van der Waals surface area contributed by atoms with Gasteiger partial charge in [0, 0.05) is 46.7 Å². The van der Waals surface area contributed by atoms with E-state index >= 15 is 0 Å². The van der Waals surface area contributed by atoms with Gasteiger partial charge < -0.3 is 10.8 Å². The lowest BCUT2D eigenvalue weighted by molar-refractivity contribution is -0.124. The first-order valence-electron chi connectivity index (χ1n) is 5.51. The normalized spacial score (nSPS) is 12.7. The molecule has 6 nitrogen and oxygen atoms in total. The first kappa shape index (κ1) is 16.0. The molecule has 0 atom stereocenters. The van der Waals surface area contributed by atoms with Crippen LogP contribution in [0.4, 0.5) is 5.69 Å². The van der Waals surface area contributed by atoms with Crippen LogP contribution in [0.1, 0.15) is 28.8 Å². The molecule has 0 unspecified atom stereocenters. The van der Waals surface area contributed by atoms with Gasteiger partial charge in [-0.15, -0.1) is 0 Å². The zero-order valence-electron chi connectivity index (χ0n) is 10.3. The monoisotopic (exact) mass is 386 g/mol. The molecule has 1 fully saturated rings. The number of anilines is 1. The molecule has 1 saturated heterocycles. The Hall–Kier alpha value is -2.08. The third-order valence-corrected chi connectivity index (χ3v) is 2.60. The molecule has 7 heteroatoms. The molecule has 1 aliphatic heterocycles. The summed E-state index contributed by atoms with van der Waals surface area (Å²) >= 11 is 1.91. The van der Waals surface area contributed by atoms with Crippen molar-refractivity contribution in [3.05, 3.63) is 29.3 Å². The van der Waals surface area contributed by atoms with Crippen LogP contribution in [0.15, 0.2) is 18.2 Å². The summed E-state index contributed by atoms with van der Waals surface area (Å²) in [5, 5.41) is 10.8. The minimum absolute atomic E-state index is 0.110. The van der Waals surface area contributed by atoms with Crippen LogP contribution < -0.4 is 11.1 Å². The number of carbonyl (C=O) groups is 3. The molecular weight excluding hydrogens is 375 g/mol. The summed E-state index contributed by atoms with van der Waals surface area (Å²) in [5.41, 5.74) is 6.57. The lowest BCUT2D eigenvalue weighted by Gasteiger charge is -1.99. The zero-order chi connectivity index (χ0) is 15.1. The first-order chi connectivity index (χ1) is 9.43. The Balaban J connectivity index is 0.000000240. The summed E-state index contributed by atoms with van der Waals surface area (Å²) in [6.45, 7) is 0. The molecule has 0 aromatic heterocycles. The predicted octanol–water partition coefficient (Wildman–Crippen LogP) is 1.13. The van der Waals surface area contributed by atoms with Crippen LogP contribution in [0.25, 0.3) is 0 Å². The second-order valence-electron chi connectivity index (χ2n) is 3.80. The largest absolute Gasteiger partial charge is 0.478 e. The van der Waals surface area contributed by atoms with Gasteiger partial charge in [0.05, 0.1) is 5.56 Å². The van der Waals surface area contributed by atoms with Gasteiger partial charge in [0.1, 0.15) is 0 Å². The Morgan fingerprint density at radius 1 is 1.30 bits per heavy atom. The lowest BCUT2D eigenvalue weighted by Crippen LogP contribution is -2.18. The summed E-state index contributed by atoms with van der Waals surface area (Å²) in [7, 11) is 0. The third-order valence-electron chi connectivity index (χ3n) is 2.33. The molecule has 2 rings (SSSR count). The van der Waals surface area contributed by atoms with E-state index in [1.165, 1.54) is 6.07 Å². The van der Waals surface area contributed by atoms with Crippen LogP contribution in [-0.2, 0) is 9.59 Å². The second kappa shape index (κ2) is 7.49. The topological polar surface area (TPSA) is 109 Å². The molecule has 1 aromatic carbocycles. The van der Waals surface area contributed by atoms with Crippen molar-refractivity contribution >= 4 is 46.1 Å². The molecule has 1 aromatic rings. The van der Waals surface area contributed by atoms with E-state index in [2.05, 4.69) is 15.2 Å². The highest BCUT2D eigenvalue weighted by Gasteiger charge is 2.15. The van der Waals surface area contributed by atoms with E-state index in [-0.39, 0.29) is 23.1 Å². The molecule has 20 heavy (non-hydrogen) atoms. The predicted molar refractivity (Wildman–Crippen MR) is 81.1 cm³/mol. The van der Waals surface area contributed by atoms with Crippen molar-refractivity contribution in [1.29, 1.82) is 0 Å². The number of rotatable bonds is 1. The maximum atomic E-state index is 10.6. The number of carboxylic acids is 1. The Kier molecular flexibility index (Phi) is 5.99. The van der Waals surface area contributed by atoms with E-state index in [0.29, 0.717) is 12.8 Å². The summed E-state index contributed by atoms with van der Waals surface area (Å²) in [4.78, 5) is 30.8. The standard InChI is InChI=1S/C9H6INO2.C4H5NO2/c10-4-3-6-1-2-7(9(12)13)8(11)5-6;6-3-1-2-4(7)5-3/h1-2,5H,11H2,(H,12,13);1-2H2,(H,5,6,7). The Bertz CT molecular complexity index is 603. The van der Waals surface area contributed by atoms with Crippen LogP contribution >= 0.6 is 22.6 Å². The molecule has 0 aliphatic carbocycles. The van der Waals surface area contributed by atoms with E-state index < -0.39 is 5.97 Å². The highest BCUT2D eigenvalue weighted by Crippen LogP contribution is 2.13. The number of benzene rings is 1. The van der Waals surface area contributed by atoms with Gasteiger partial charge in [-0.25, -0.2) is 4.79 Å². The van der Waals surface area contributed by atoms with Gasteiger partial charge in [0.2, 0.25) is 11.8 Å². The number of imide groups is 1. The highest BCUT2D eigenvalue weighted by atomic mass is 127. The molecule has 104 valence electrons. The number of carbonyl (C=O) groups excluding carboxylic acids is 2. The summed E-state index contributed by atoms with van der Waals surface area (Å²) < 4.78 is 2.68. The van der Waals surface area contributed by atoms with Crippen molar-refractivity contribution in [2.24, 2.45) is 0 Å². The maximum Gasteiger partial charge on any atom is 0.337 e. The molecule has 0 saturated carbocycles. The van der Waals surface area contributed by atoms with Gasteiger partial charge in [-0.2, -0.15) is 0 Å². The minimum atomic E-state index is -1.02. The summed E-state index contributed by atoms with van der Waals surface area (Å²) in [6, 6.07) is 4.63. The van der Waals surface area contributed by atoms with E-state index in [4.69, 9.17) is 10.8 Å². The molecule has 2 amide bonds. The fraction of sp³-hybridized carbons (Fsp3) is 0.154. The van der Waals surface area contributed by atoms with Crippen LogP contribution in [0.5, 0.6) is 0 Å². The number of aromatic carboxylic acids is 1. The van der Waals surface area contributed by atoms with E-state index in [1.54, 1.807) is 12.1 Å². The number of halogens is 1. The van der Waals surface area contributed by atoms with Crippen molar-refractivity contribution < 1.29 is 19.5 Å². The molecule has 1 aliphatic rings. The quantitative estimate of drug-likeness (QED) is 0.290. The number of nitrogen functional groups attached to an aromatic ring is 1. The number of amides is 2. The number of nitrogens with one attached hydrogen (secondary N) is 1. The average molecular weight is 386 g/mol. The number of nitrogens with two attached hydrogens (primary N) is 1. The van der Waals surface area contributed by atoms with E-state index in [0.717, 1.165) is 5.56 Å². The van der Waals surface area contributed by atoms with Crippen LogP contribution in [0.3, 0.4) is 0 Å². The molecule has 0 radical (unpaired) electrons. The van der Waals surface area contributed by atoms with Crippen molar-refractivity contribution in [2.75, 3.05) is 5.73 Å². The van der Waals surface area contributed by atoms with Crippen LogP contribution in [0.2, 0.25) is 0 Å². The van der Waals surface area contributed by atoms with Crippen molar-refractivity contribution in [3.63, 3.8) is 0 Å². The van der Waals surface area contributed by atoms with Crippen molar-refractivity contribution in [1.82, 2.24) is 5.32 Å². The summed E-state index contributed by atoms with van der Waals surface area (Å²) in [5.74, 6) is 1.46. The van der Waals surface area contributed by atoms with Gasteiger partial charge in [0.15, 0.2) is 0 Å². The Morgan fingerprint density at radius 3 is 2.25 bits per heavy atom. The third kappa shape index (κ3) is 4.89. The minimum Gasteiger partial charge on any atom is -0.478 e. The van der Waals surface area contributed by atoms with Crippen LogP contribution in [-0.4, -0.2) is 22.9 Å². The Labute approximate surface area is 128 Å². The SMILES string of the molecule is Nc1cc(C#CI)ccc1C(=O)O.O=C1CCC(=O)N1. The van der Waals surface area contributed by atoms with Crippen LogP contribution in [0, 0.1) is 9.85 Å².